The molecule has 10 aromatic rings. The molecule has 0 spiro atoms. The second-order valence-corrected chi connectivity index (χ2v) is 12.8. The monoisotopic (exact) mass is 651 g/mol. The molecule has 10 rings (SSSR count). The Labute approximate surface area is 294 Å². The van der Waals surface area contributed by atoms with Crippen molar-refractivity contribution in [2.24, 2.45) is 0 Å². The van der Waals surface area contributed by atoms with Gasteiger partial charge in [-0.05, 0) is 109 Å². The van der Waals surface area contributed by atoms with E-state index in [1.165, 1.54) is 49.0 Å². The highest BCUT2D eigenvalue weighted by Crippen LogP contribution is 2.44. The summed E-state index contributed by atoms with van der Waals surface area (Å²) in [7, 11) is 0. The lowest BCUT2D eigenvalue weighted by molar-refractivity contribution is 0.766. The first-order chi connectivity index (χ1) is 25.3. The fraction of sp³-hybridized carbons (Fsp3) is 0. The van der Waals surface area contributed by atoms with E-state index >= 15 is 0 Å². The highest BCUT2D eigenvalue weighted by molar-refractivity contribution is 6.22. The summed E-state index contributed by atoms with van der Waals surface area (Å²) in [5.41, 5.74) is 11.2. The fourth-order valence-corrected chi connectivity index (χ4v) is 7.32. The number of hydrogen-bond acceptors (Lipinski definition) is 4. The zero-order valence-corrected chi connectivity index (χ0v) is 27.5. The Morgan fingerprint density at radius 2 is 0.980 bits per heavy atom. The third-order valence-corrected chi connectivity index (χ3v) is 9.74. The fourth-order valence-electron chi connectivity index (χ4n) is 7.32. The van der Waals surface area contributed by atoms with Crippen LogP contribution in [0.25, 0.3) is 93.8 Å². The molecule has 5 nitrogen and oxygen atoms in total. The molecule has 7 aromatic carbocycles. The van der Waals surface area contributed by atoms with Gasteiger partial charge in [0.15, 0.2) is 0 Å². The summed E-state index contributed by atoms with van der Waals surface area (Å²) in [6, 6.07) is 57.5. The standard InChI is InChI=1S/C46H29N5/c1-2-10-32-27-33(19-18-30(32)9-1)45-37-12-3-5-14-39(37)46(40-15-6-4-13-38(40)45)34-22-25-43-44(28-34)50-51(49-43)36-23-20-31(21-24-36)41-16-7-17-42(48-41)35-11-8-26-47-29-35/h1-29H. The van der Waals surface area contributed by atoms with Crippen molar-refractivity contribution < 1.29 is 0 Å². The molecule has 0 atom stereocenters. The maximum absolute atomic E-state index is 4.96. The SMILES string of the molecule is c1cncc(-c2cccc(-c3ccc(-n4nc5ccc(-c6c7ccccc7c(-c7ccc8ccccc8c7)c7ccccc67)cc5n4)cc3)n2)c1. The van der Waals surface area contributed by atoms with Crippen LogP contribution in [0, 0.1) is 0 Å². The summed E-state index contributed by atoms with van der Waals surface area (Å²) in [4.78, 5) is 10.8. The van der Waals surface area contributed by atoms with Crippen LogP contribution in [-0.2, 0) is 0 Å². The summed E-state index contributed by atoms with van der Waals surface area (Å²) < 4.78 is 0. The summed E-state index contributed by atoms with van der Waals surface area (Å²) in [5, 5.41) is 17.2. The van der Waals surface area contributed by atoms with Gasteiger partial charge in [0, 0.05) is 23.5 Å². The van der Waals surface area contributed by atoms with Gasteiger partial charge in [0.25, 0.3) is 0 Å². The lowest BCUT2D eigenvalue weighted by Gasteiger charge is -2.18. The molecule has 5 heteroatoms. The van der Waals surface area contributed by atoms with E-state index in [0.717, 1.165) is 44.8 Å². The van der Waals surface area contributed by atoms with Crippen LogP contribution in [0.2, 0.25) is 0 Å². The van der Waals surface area contributed by atoms with Gasteiger partial charge in [0.05, 0.1) is 17.1 Å². The molecule has 3 heterocycles. The smallest absolute Gasteiger partial charge is 0.114 e. The number of pyridine rings is 2. The molecule has 0 fully saturated rings. The predicted molar refractivity (Wildman–Crippen MR) is 209 cm³/mol. The van der Waals surface area contributed by atoms with Crippen LogP contribution >= 0.6 is 0 Å². The summed E-state index contributed by atoms with van der Waals surface area (Å²) in [6.45, 7) is 0. The van der Waals surface area contributed by atoms with Crippen LogP contribution in [-0.4, -0.2) is 25.0 Å². The lowest BCUT2D eigenvalue weighted by Crippen LogP contribution is -1.98. The van der Waals surface area contributed by atoms with Crippen molar-refractivity contribution in [1.29, 1.82) is 0 Å². The first kappa shape index (κ1) is 29.0. The second-order valence-electron chi connectivity index (χ2n) is 12.8. The number of fused-ring (bicyclic) bond motifs is 4. The largest absolute Gasteiger partial charge is 0.264 e. The number of benzene rings is 7. The number of hydrogen-bond donors (Lipinski definition) is 0. The molecule has 0 aliphatic heterocycles. The third kappa shape index (κ3) is 5.03. The molecule has 0 N–H and O–H groups in total. The van der Waals surface area contributed by atoms with Crippen molar-refractivity contribution in [3.63, 3.8) is 0 Å². The van der Waals surface area contributed by atoms with E-state index in [9.17, 15) is 0 Å². The minimum atomic E-state index is 0.842. The van der Waals surface area contributed by atoms with E-state index in [0.29, 0.717) is 0 Å². The molecule has 0 saturated carbocycles. The van der Waals surface area contributed by atoms with E-state index in [1.807, 2.05) is 48.7 Å². The average molecular weight is 652 g/mol. The van der Waals surface area contributed by atoms with Crippen molar-refractivity contribution >= 4 is 43.4 Å². The summed E-state index contributed by atoms with van der Waals surface area (Å²) in [6.07, 6.45) is 3.61. The molecule has 238 valence electrons. The average Bonchev–Trinajstić information content (AvgIpc) is 3.64. The number of aromatic nitrogens is 5. The Bertz CT molecular complexity index is 2850. The quantitative estimate of drug-likeness (QED) is 0.174. The Kier molecular flexibility index (Phi) is 6.74. The van der Waals surface area contributed by atoms with Gasteiger partial charge in [-0.1, -0.05) is 109 Å². The maximum atomic E-state index is 4.96. The molecule has 51 heavy (non-hydrogen) atoms. The predicted octanol–water partition coefficient (Wildman–Crippen LogP) is 11.3. The van der Waals surface area contributed by atoms with Gasteiger partial charge in [0.1, 0.15) is 11.0 Å². The van der Waals surface area contributed by atoms with E-state index in [4.69, 9.17) is 15.2 Å². The van der Waals surface area contributed by atoms with Gasteiger partial charge in [0.2, 0.25) is 0 Å². The summed E-state index contributed by atoms with van der Waals surface area (Å²) >= 11 is 0. The maximum Gasteiger partial charge on any atom is 0.114 e. The van der Waals surface area contributed by atoms with Crippen molar-refractivity contribution in [2.75, 3.05) is 0 Å². The highest BCUT2D eigenvalue weighted by atomic mass is 15.5. The van der Waals surface area contributed by atoms with Crippen LogP contribution in [0.4, 0.5) is 0 Å². The molecular weight excluding hydrogens is 623 g/mol. The van der Waals surface area contributed by atoms with Crippen LogP contribution < -0.4 is 0 Å². The van der Waals surface area contributed by atoms with Crippen LogP contribution in [0.1, 0.15) is 0 Å². The third-order valence-electron chi connectivity index (χ3n) is 9.74. The van der Waals surface area contributed by atoms with Gasteiger partial charge < -0.3 is 0 Å². The topological polar surface area (TPSA) is 56.5 Å². The number of rotatable bonds is 5. The first-order valence-electron chi connectivity index (χ1n) is 17.1. The Morgan fingerprint density at radius 1 is 0.392 bits per heavy atom. The zero-order chi connectivity index (χ0) is 33.7. The minimum Gasteiger partial charge on any atom is -0.264 e. The molecular formula is C46H29N5. The lowest BCUT2D eigenvalue weighted by atomic mass is 9.85. The van der Waals surface area contributed by atoms with E-state index in [2.05, 4.69) is 126 Å². The van der Waals surface area contributed by atoms with E-state index < -0.39 is 0 Å². The Balaban J connectivity index is 1.05. The van der Waals surface area contributed by atoms with Crippen molar-refractivity contribution in [1.82, 2.24) is 25.0 Å². The molecule has 0 bridgehead atoms. The normalized spacial score (nSPS) is 11.5. The van der Waals surface area contributed by atoms with Crippen molar-refractivity contribution in [2.45, 2.75) is 0 Å². The van der Waals surface area contributed by atoms with Crippen LogP contribution in [0.15, 0.2) is 176 Å². The molecule has 3 aromatic heterocycles. The van der Waals surface area contributed by atoms with E-state index in [-0.39, 0.29) is 0 Å². The number of nitrogens with zero attached hydrogens (tertiary/aromatic N) is 5. The van der Waals surface area contributed by atoms with Crippen molar-refractivity contribution in [3.05, 3.63) is 176 Å². The summed E-state index contributed by atoms with van der Waals surface area (Å²) in [5.74, 6) is 0. The van der Waals surface area contributed by atoms with E-state index in [1.54, 1.807) is 11.0 Å². The Morgan fingerprint density at radius 3 is 1.67 bits per heavy atom. The second kappa shape index (κ2) is 11.9. The van der Waals surface area contributed by atoms with Gasteiger partial charge in [-0.15, -0.1) is 10.2 Å². The highest BCUT2D eigenvalue weighted by Gasteiger charge is 2.18. The molecule has 0 saturated heterocycles. The molecule has 0 aliphatic rings. The van der Waals surface area contributed by atoms with Gasteiger partial charge >= 0.3 is 0 Å². The zero-order valence-electron chi connectivity index (χ0n) is 27.5. The van der Waals surface area contributed by atoms with Gasteiger partial charge in [-0.3, -0.25) is 4.98 Å². The molecule has 0 aliphatic carbocycles. The van der Waals surface area contributed by atoms with Crippen LogP contribution in [0.5, 0.6) is 0 Å². The Hall–Kier alpha value is -6.98. The molecule has 0 unspecified atom stereocenters. The van der Waals surface area contributed by atoms with Crippen molar-refractivity contribution in [3.8, 4) is 50.5 Å². The first-order valence-corrected chi connectivity index (χ1v) is 17.1. The van der Waals surface area contributed by atoms with Gasteiger partial charge in [-0.25, -0.2) is 4.98 Å². The van der Waals surface area contributed by atoms with Gasteiger partial charge in [-0.2, -0.15) is 4.80 Å². The van der Waals surface area contributed by atoms with Crippen LogP contribution in [0.3, 0.4) is 0 Å². The minimum absolute atomic E-state index is 0.842. The molecule has 0 radical (unpaired) electrons. The molecule has 0 amide bonds.